The van der Waals surface area contributed by atoms with Gasteiger partial charge in [-0.05, 0) is 0 Å². The Morgan fingerprint density at radius 3 is 2.61 bits per heavy atom. The smallest absolute Gasteiger partial charge is 0.273 e. The molecule has 2 amide bonds. The molecule has 0 bridgehead atoms. The standard InChI is InChI=1S/C20H24N4O6S/c1-27-10-19-22-14(11-31-19)20(26)24-5-3-23(4-6-24)9-18(25)21-13-7-16-17(30-12-29-16)8-15(13)28-2/h7-8,11H,3-6,9-10,12H2,1-2H3,(H,21,25). The lowest BCUT2D eigenvalue weighted by molar-refractivity contribution is -0.117. The van der Waals surface area contributed by atoms with Crippen LogP contribution in [0.1, 0.15) is 15.5 Å². The zero-order chi connectivity index (χ0) is 21.8. The van der Waals surface area contributed by atoms with Gasteiger partial charge in [-0.1, -0.05) is 0 Å². The summed E-state index contributed by atoms with van der Waals surface area (Å²) in [5, 5.41) is 5.41. The van der Waals surface area contributed by atoms with Crippen molar-refractivity contribution < 1.29 is 28.5 Å². The Kier molecular flexibility index (Phi) is 6.54. The highest BCUT2D eigenvalue weighted by Crippen LogP contribution is 2.40. The predicted octanol–water partition coefficient (Wildman–Crippen LogP) is 1.42. The van der Waals surface area contributed by atoms with E-state index in [0.29, 0.717) is 61.4 Å². The van der Waals surface area contributed by atoms with E-state index < -0.39 is 0 Å². The molecule has 2 aliphatic rings. The number of nitrogens with zero attached hydrogens (tertiary/aromatic N) is 3. The van der Waals surface area contributed by atoms with E-state index in [1.165, 1.54) is 18.4 Å². The summed E-state index contributed by atoms with van der Waals surface area (Å²) in [6.07, 6.45) is 0. The van der Waals surface area contributed by atoms with Gasteiger partial charge in [0.2, 0.25) is 12.7 Å². The summed E-state index contributed by atoms with van der Waals surface area (Å²) in [6.45, 7) is 3.04. The minimum Gasteiger partial charge on any atom is -0.494 e. The molecule has 166 valence electrons. The Balaban J connectivity index is 1.29. The van der Waals surface area contributed by atoms with Crippen molar-refractivity contribution in [2.75, 3.05) is 59.1 Å². The lowest BCUT2D eigenvalue weighted by atomic mass is 10.2. The number of piperazine rings is 1. The molecule has 1 N–H and O–H groups in total. The number of carbonyl (C=O) groups excluding carboxylic acids is 2. The summed E-state index contributed by atoms with van der Waals surface area (Å²) in [7, 11) is 3.13. The van der Waals surface area contributed by atoms with Crippen LogP contribution in [0.15, 0.2) is 17.5 Å². The molecule has 1 fully saturated rings. The van der Waals surface area contributed by atoms with E-state index in [1.54, 1.807) is 29.5 Å². The first kappa shape index (κ1) is 21.3. The van der Waals surface area contributed by atoms with Gasteiger partial charge >= 0.3 is 0 Å². The minimum absolute atomic E-state index is 0.0900. The zero-order valence-electron chi connectivity index (χ0n) is 17.4. The Morgan fingerprint density at radius 2 is 1.90 bits per heavy atom. The third-order valence-electron chi connectivity index (χ3n) is 5.03. The fourth-order valence-electron chi connectivity index (χ4n) is 3.45. The first-order chi connectivity index (χ1) is 15.1. The zero-order valence-corrected chi connectivity index (χ0v) is 18.2. The number of rotatable bonds is 7. The Bertz CT molecular complexity index is 957. The number of anilines is 1. The molecule has 0 unspecified atom stereocenters. The average molecular weight is 449 g/mol. The Labute approximate surface area is 183 Å². The van der Waals surface area contributed by atoms with Crippen molar-refractivity contribution in [3.63, 3.8) is 0 Å². The predicted molar refractivity (Wildman–Crippen MR) is 113 cm³/mol. The van der Waals surface area contributed by atoms with Crippen LogP contribution in [0.4, 0.5) is 5.69 Å². The van der Waals surface area contributed by atoms with Gasteiger partial charge in [0.25, 0.3) is 5.91 Å². The third kappa shape index (κ3) is 4.89. The molecule has 0 saturated carbocycles. The van der Waals surface area contributed by atoms with Crippen LogP contribution in [-0.2, 0) is 16.1 Å². The second kappa shape index (κ2) is 9.50. The van der Waals surface area contributed by atoms with Crippen molar-refractivity contribution in [1.29, 1.82) is 0 Å². The summed E-state index contributed by atoms with van der Waals surface area (Å²) in [5.74, 6) is 1.40. The number of hydrogen-bond acceptors (Lipinski definition) is 9. The molecule has 0 radical (unpaired) electrons. The molecular weight excluding hydrogens is 424 g/mol. The number of carbonyl (C=O) groups is 2. The van der Waals surface area contributed by atoms with Crippen LogP contribution in [0.5, 0.6) is 17.2 Å². The van der Waals surface area contributed by atoms with Gasteiger partial charge in [-0.25, -0.2) is 4.98 Å². The number of thiazole rings is 1. The van der Waals surface area contributed by atoms with Gasteiger partial charge in [-0.15, -0.1) is 11.3 Å². The highest BCUT2D eigenvalue weighted by molar-refractivity contribution is 7.09. The van der Waals surface area contributed by atoms with Gasteiger partial charge in [-0.2, -0.15) is 0 Å². The quantitative estimate of drug-likeness (QED) is 0.679. The van der Waals surface area contributed by atoms with Crippen molar-refractivity contribution in [3.8, 4) is 17.2 Å². The molecule has 4 rings (SSSR count). The average Bonchev–Trinajstić information content (AvgIpc) is 3.42. The highest BCUT2D eigenvalue weighted by Gasteiger charge is 2.25. The van der Waals surface area contributed by atoms with Crippen molar-refractivity contribution in [2.24, 2.45) is 0 Å². The van der Waals surface area contributed by atoms with Crippen molar-refractivity contribution >= 4 is 28.8 Å². The maximum absolute atomic E-state index is 12.6. The molecule has 0 aliphatic carbocycles. The van der Waals surface area contributed by atoms with Crippen LogP contribution < -0.4 is 19.5 Å². The van der Waals surface area contributed by atoms with Gasteiger partial charge in [0.1, 0.15) is 16.5 Å². The first-order valence-electron chi connectivity index (χ1n) is 9.80. The summed E-state index contributed by atoms with van der Waals surface area (Å²) < 4.78 is 21.1. The van der Waals surface area contributed by atoms with Gasteiger partial charge < -0.3 is 29.2 Å². The van der Waals surface area contributed by atoms with Crippen molar-refractivity contribution in [2.45, 2.75) is 6.61 Å². The van der Waals surface area contributed by atoms with Crippen molar-refractivity contribution in [3.05, 3.63) is 28.2 Å². The maximum Gasteiger partial charge on any atom is 0.273 e. The van der Waals surface area contributed by atoms with E-state index >= 15 is 0 Å². The number of amides is 2. The number of benzene rings is 1. The number of hydrogen-bond donors (Lipinski definition) is 1. The largest absolute Gasteiger partial charge is 0.494 e. The molecule has 0 atom stereocenters. The van der Waals surface area contributed by atoms with E-state index in [1.807, 2.05) is 4.90 Å². The number of fused-ring (bicyclic) bond motifs is 1. The first-order valence-corrected chi connectivity index (χ1v) is 10.7. The second-order valence-corrected chi connectivity index (χ2v) is 8.02. The van der Waals surface area contributed by atoms with Crippen LogP contribution in [0.25, 0.3) is 0 Å². The minimum atomic E-state index is -0.166. The van der Waals surface area contributed by atoms with E-state index in [0.717, 1.165) is 5.01 Å². The number of ether oxygens (including phenoxy) is 4. The summed E-state index contributed by atoms with van der Waals surface area (Å²) in [4.78, 5) is 33.3. The Hall–Kier alpha value is -2.89. The summed E-state index contributed by atoms with van der Waals surface area (Å²) in [5.41, 5.74) is 0.971. The van der Waals surface area contributed by atoms with E-state index in [2.05, 4.69) is 10.3 Å². The maximum atomic E-state index is 12.6. The lowest BCUT2D eigenvalue weighted by Crippen LogP contribution is -2.50. The van der Waals surface area contributed by atoms with Crippen molar-refractivity contribution in [1.82, 2.24) is 14.8 Å². The fraction of sp³-hybridized carbons (Fsp3) is 0.450. The summed E-state index contributed by atoms with van der Waals surface area (Å²) >= 11 is 1.41. The van der Waals surface area contributed by atoms with E-state index in [9.17, 15) is 9.59 Å². The topological polar surface area (TPSA) is 102 Å². The SMILES string of the molecule is COCc1nc(C(=O)N2CCN(CC(=O)Nc3cc4c(cc3OC)OCO4)CC2)cs1. The van der Waals surface area contributed by atoms with E-state index in [4.69, 9.17) is 18.9 Å². The second-order valence-electron chi connectivity index (χ2n) is 7.08. The molecule has 3 heterocycles. The number of aromatic nitrogens is 1. The van der Waals surface area contributed by atoms with Crippen LogP contribution in [-0.4, -0.2) is 80.3 Å². The van der Waals surface area contributed by atoms with Gasteiger partial charge in [0.05, 0.1) is 25.9 Å². The monoisotopic (exact) mass is 448 g/mol. The van der Waals surface area contributed by atoms with Gasteiger partial charge in [-0.3, -0.25) is 14.5 Å². The van der Waals surface area contributed by atoms with Crippen LogP contribution in [0.2, 0.25) is 0 Å². The molecular formula is C20H24N4O6S. The molecule has 0 spiro atoms. The highest BCUT2D eigenvalue weighted by atomic mass is 32.1. The molecule has 2 aromatic rings. The third-order valence-corrected chi connectivity index (χ3v) is 5.86. The van der Waals surface area contributed by atoms with E-state index in [-0.39, 0.29) is 25.2 Å². The molecule has 10 nitrogen and oxygen atoms in total. The lowest BCUT2D eigenvalue weighted by Gasteiger charge is -2.34. The molecule has 2 aliphatic heterocycles. The van der Waals surface area contributed by atoms with Gasteiger partial charge in [0, 0.05) is 50.8 Å². The number of methoxy groups -OCH3 is 2. The van der Waals surface area contributed by atoms with Crippen LogP contribution in [0, 0.1) is 0 Å². The molecule has 31 heavy (non-hydrogen) atoms. The fourth-order valence-corrected chi connectivity index (χ4v) is 4.19. The molecule has 1 aromatic heterocycles. The van der Waals surface area contributed by atoms with Gasteiger partial charge in [0.15, 0.2) is 11.5 Å². The van der Waals surface area contributed by atoms with Crippen LogP contribution in [0.3, 0.4) is 0 Å². The number of nitrogens with one attached hydrogen (secondary N) is 1. The molecule has 11 heteroatoms. The normalized spacial score (nSPS) is 15.7. The Morgan fingerprint density at radius 1 is 1.16 bits per heavy atom. The molecule has 1 aromatic carbocycles. The summed E-state index contributed by atoms with van der Waals surface area (Å²) in [6, 6.07) is 3.39. The van der Waals surface area contributed by atoms with Crippen LogP contribution >= 0.6 is 11.3 Å². The molecule has 1 saturated heterocycles.